The number of hydrogen-bond acceptors (Lipinski definition) is 7. The van der Waals surface area contributed by atoms with E-state index in [1.165, 1.54) is 0 Å². The van der Waals surface area contributed by atoms with E-state index in [0.717, 1.165) is 61.3 Å². The molecule has 0 spiro atoms. The van der Waals surface area contributed by atoms with Crippen LogP contribution < -0.4 is 26.8 Å². The van der Waals surface area contributed by atoms with Gasteiger partial charge in [0.25, 0.3) is 5.56 Å². The Bertz CT molecular complexity index is 1650. The van der Waals surface area contributed by atoms with Gasteiger partial charge in [-0.2, -0.15) is 0 Å². The molecule has 0 bridgehead atoms. The van der Waals surface area contributed by atoms with Gasteiger partial charge >= 0.3 is 0 Å². The summed E-state index contributed by atoms with van der Waals surface area (Å²) in [7, 11) is 0. The SMILES string of the molecule is NCC1CCC(C(=O)NC(Cc2ccc(-c3ccnc(N4CCOCC4)c3)cc2)C(=O)Nc2ccc3c(=O)[nH][nH]c3c2)CC1. The summed E-state index contributed by atoms with van der Waals surface area (Å²) >= 11 is 0. The summed E-state index contributed by atoms with van der Waals surface area (Å²) in [5, 5.41) is 11.9. The van der Waals surface area contributed by atoms with Gasteiger partial charge in [-0.15, -0.1) is 0 Å². The molecular weight excluding hydrogens is 558 g/mol. The van der Waals surface area contributed by atoms with E-state index in [1.807, 2.05) is 36.5 Å². The minimum Gasteiger partial charge on any atom is -0.378 e. The van der Waals surface area contributed by atoms with E-state index in [4.69, 9.17) is 10.5 Å². The van der Waals surface area contributed by atoms with Crippen molar-refractivity contribution in [3.8, 4) is 11.1 Å². The predicted molar refractivity (Wildman–Crippen MR) is 170 cm³/mol. The Morgan fingerprint density at radius 2 is 1.75 bits per heavy atom. The minimum absolute atomic E-state index is 0.102. The van der Waals surface area contributed by atoms with E-state index >= 15 is 0 Å². The number of pyridine rings is 1. The third-order valence-corrected chi connectivity index (χ3v) is 8.83. The highest BCUT2D eigenvalue weighted by atomic mass is 16.5. The smallest absolute Gasteiger partial charge is 0.271 e. The van der Waals surface area contributed by atoms with Gasteiger partial charge in [0, 0.05) is 37.3 Å². The van der Waals surface area contributed by atoms with Crippen molar-refractivity contribution in [3.05, 3.63) is 76.7 Å². The van der Waals surface area contributed by atoms with Crippen molar-refractivity contribution in [2.45, 2.75) is 38.1 Å². The molecule has 1 unspecified atom stereocenters. The first kappa shape index (κ1) is 29.6. The fourth-order valence-corrected chi connectivity index (χ4v) is 6.14. The Kier molecular flexibility index (Phi) is 9.04. The number of hydrogen-bond donors (Lipinski definition) is 5. The number of aromatic nitrogens is 3. The molecule has 4 aromatic rings. The van der Waals surface area contributed by atoms with Gasteiger partial charge in [-0.05, 0) is 85.2 Å². The van der Waals surface area contributed by atoms with Gasteiger partial charge in [-0.1, -0.05) is 24.3 Å². The van der Waals surface area contributed by atoms with Crippen LogP contribution in [0.1, 0.15) is 31.2 Å². The first-order valence-electron chi connectivity index (χ1n) is 15.4. The standard InChI is InChI=1S/C33H39N7O4/c34-20-22-3-7-24(8-4-22)31(41)37-29(33(43)36-26-9-10-27-28(19-26)38-39-32(27)42)17-21-1-5-23(6-2-21)25-11-12-35-30(18-25)40-13-15-44-16-14-40/h1-2,5-6,9-12,18-19,22,24,29H,3-4,7-8,13-17,20,34H2,(H,36,43)(H,37,41)(H2,38,39,42). The zero-order valence-corrected chi connectivity index (χ0v) is 24.7. The Labute approximate surface area is 255 Å². The van der Waals surface area contributed by atoms with Crippen LogP contribution in [0.2, 0.25) is 0 Å². The van der Waals surface area contributed by atoms with Crippen LogP contribution in [0.25, 0.3) is 22.0 Å². The fourth-order valence-electron chi connectivity index (χ4n) is 6.14. The topological polar surface area (TPSA) is 158 Å². The molecule has 44 heavy (non-hydrogen) atoms. The lowest BCUT2D eigenvalue weighted by molar-refractivity contribution is -0.130. The lowest BCUT2D eigenvalue weighted by atomic mass is 9.81. The van der Waals surface area contributed by atoms with Crippen LogP contribution in [0.15, 0.2) is 65.6 Å². The van der Waals surface area contributed by atoms with Crippen LogP contribution in [-0.2, 0) is 20.7 Å². The predicted octanol–water partition coefficient (Wildman–Crippen LogP) is 3.19. The Hall–Kier alpha value is -4.48. The minimum atomic E-state index is -0.782. The number of rotatable bonds is 9. The maximum Gasteiger partial charge on any atom is 0.271 e. The van der Waals surface area contributed by atoms with E-state index in [-0.39, 0.29) is 23.3 Å². The number of nitrogens with two attached hydrogens (primary N) is 1. The first-order valence-corrected chi connectivity index (χ1v) is 15.4. The van der Waals surface area contributed by atoms with Crippen LogP contribution in [0, 0.1) is 11.8 Å². The van der Waals surface area contributed by atoms with Crippen molar-refractivity contribution in [3.63, 3.8) is 0 Å². The van der Waals surface area contributed by atoms with Gasteiger partial charge in [-0.25, -0.2) is 4.98 Å². The van der Waals surface area contributed by atoms with Gasteiger partial charge in [0.2, 0.25) is 11.8 Å². The number of ether oxygens (including phenoxy) is 1. The Balaban J connectivity index is 1.18. The van der Waals surface area contributed by atoms with Gasteiger partial charge < -0.3 is 26.0 Å². The molecule has 1 aliphatic heterocycles. The molecule has 2 aromatic carbocycles. The Morgan fingerprint density at radius 1 is 0.977 bits per heavy atom. The van der Waals surface area contributed by atoms with Gasteiger partial charge in [0.15, 0.2) is 0 Å². The number of H-pyrrole nitrogens is 2. The lowest BCUT2D eigenvalue weighted by Crippen LogP contribution is -2.48. The number of nitrogens with one attached hydrogen (secondary N) is 4. The molecule has 2 aliphatic rings. The van der Waals surface area contributed by atoms with E-state index < -0.39 is 6.04 Å². The van der Waals surface area contributed by atoms with Crippen molar-refractivity contribution in [2.75, 3.05) is 43.1 Å². The Morgan fingerprint density at radius 3 is 2.50 bits per heavy atom. The lowest BCUT2D eigenvalue weighted by Gasteiger charge is -2.28. The molecule has 2 fully saturated rings. The van der Waals surface area contributed by atoms with Gasteiger partial charge in [0.05, 0.1) is 24.1 Å². The van der Waals surface area contributed by atoms with Crippen LogP contribution in [0.5, 0.6) is 0 Å². The molecule has 6 N–H and O–H groups in total. The summed E-state index contributed by atoms with van der Waals surface area (Å²) in [6.07, 6.45) is 5.54. The monoisotopic (exact) mass is 597 g/mol. The quantitative estimate of drug-likeness (QED) is 0.198. The highest BCUT2D eigenvalue weighted by Gasteiger charge is 2.29. The molecule has 3 heterocycles. The van der Waals surface area contributed by atoms with Crippen LogP contribution in [0.4, 0.5) is 11.5 Å². The molecule has 11 nitrogen and oxygen atoms in total. The molecule has 1 atom stereocenters. The number of morpholine rings is 1. The molecule has 1 saturated heterocycles. The largest absolute Gasteiger partial charge is 0.378 e. The normalized spacial score (nSPS) is 19.4. The van der Waals surface area contributed by atoms with Crippen molar-refractivity contribution in [2.24, 2.45) is 17.6 Å². The van der Waals surface area contributed by atoms with Crippen molar-refractivity contribution >= 4 is 34.2 Å². The molecule has 2 aromatic heterocycles. The number of anilines is 2. The second-order valence-electron chi connectivity index (χ2n) is 11.7. The van der Waals surface area contributed by atoms with E-state index in [1.54, 1.807) is 18.2 Å². The van der Waals surface area contributed by atoms with E-state index in [9.17, 15) is 14.4 Å². The second kappa shape index (κ2) is 13.4. The highest BCUT2D eigenvalue weighted by Crippen LogP contribution is 2.29. The molecule has 230 valence electrons. The number of aromatic amines is 2. The average molecular weight is 598 g/mol. The van der Waals surface area contributed by atoms with Crippen molar-refractivity contribution in [1.29, 1.82) is 0 Å². The third-order valence-electron chi connectivity index (χ3n) is 8.83. The van der Waals surface area contributed by atoms with Crippen LogP contribution >= 0.6 is 0 Å². The van der Waals surface area contributed by atoms with Crippen molar-refractivity contribution in [1.82, 2.24) is 20.5 Å². The number of amides is 2. The molecule has 1 saturated carbocycles. The number of fused-ring (bicyclic) bond motifs is 1. The summed E-state index contributed by atoms with van der Waals surface area (Å²) < 4.78 is 5.47. The first-order chi connectivity index (χ1) is 21.5. The number of carbonyl (C=O) groups is 2. The zero-order chi connectivity index (χ0) is 30.5. The van der Waals surface area contributed by atoms with E-state index in [0.29, 0.717) is 48.7 Å². The molecule has 1 aliphatic carbocycles. The molecule has 11 heteroatoms. The number of nitrogens with zero attached hydrogens (tertiary/aromatic N) is 2. The molecule has 0 radical (unpaired) electrons. The average Bonchev–Trinajstić information content (AvgIpc) is 3.44. The zero-order valence-electron chi connectivity index (χ0n) is 24.7. The maximum atomic E-state index is 13.6. The van der Waals surface area contributed by atoms with Crippen molar-refractivity contribution < 1.29 is 14.3 Å². The second-order valence-corrected chi connectivity index (χ2v) is 11.7. The molecule has 2 amide bonds. The summed E-state index contributed by atoms with van der Waals surface area (Å²) in [6.45, 7) is 3.66. The van der Waals surface area contributed by atoms with Gasteiger partial charge in [0.1, 0.15) is 11.9 Å². The molecular formula is C33H39N7O4. The number of carbonyl (C=O) groups excluding carboxylic acids is 2. The van der Waals surface area contributed by atoms with E-state index in [2.05, 4.69) is 36.8 Å². The maximum absolute atomic E-state index is 13.6. The fraction of sp³-hybridized carbons (Fsp3) is 0.394. The highest BCUT2D eigenvalue weighted by molar-refractivity contribution is 5.99. The summed E-state index contributed by atoms with van der Waals surface area (Å²) in [6, 6.07) is 16.4. The summed E-state index contributed by atoms with van der Waals surface area (Å²) in [5.74, 6) is 0.826. The van der Waals surface area contributed by atoms with Crippen LogP contribution in [0.3, 0.4) is 0 Å². The van der Waals surface area contributed by atoms with Gasteiger partial charge in [-0.3, -0.25) is 24.6 Å². The molecule has 6 rings (SSSR count). The number of benzene rings is 2. The van der Waals surface area contributed by atoms with Crippen LogP contribution in [-0.4, -0.2) is 65.9 Å². The summed E-state index contributed by atoms with van der Waals surface area (Å²) in [5.41, 5.74) is 9.77. The summed E-state index contributed by atoms with van der Waals surface area (Å²) in [4.78, 5) is 45.6. The third kappa shape index (κ3) is 6.84.